The van der Waals surface area contributed by atoms with E-state index in [4.69, 9.17) is 5.11 Å². The van der Waals surface area contributed by atoms with E-state index in [1.165, 1.54) is 0 Å². The van der Waals surface area contributed by atoms with Crippen LogP contribution in [0.15, 0.2) is 0 Å². The molecule has 0 heterocycles. The number of esters is 1. The fourth-order valence-corrected chi connectivity index (χ4v) is 1.13. The standard InChI is InChI=1S/C11H20N2O5/c1-7(2)4-5-12-11(17)13-8(10(15)16)6-9(14)18-3/h7-8H,4-6H2,1-3H3,(H,15,16)(H2,12,13,17)/t8-/m0/s1. The van der Waals surface area contributed by atoms with Gasteiger partial charge in [0.05, 0.1) is 13.5 Å². The monoisotopic (exact) mass is 260 g/mol. The average molecular weight is 260 g/mol. The van der Waals surface area contributed by atoms with Gasteiger partial charge < -0.3 is 20.5 Å². The Hall–Kier alpha value is -1.79. The zero-order chi connectivity index (χ0) is 14.1. The van der Waals surface area contributed by atoms with E-state index < -0.39 is 30.4 Å². The molecule has 0 saturated heterocycles. The Bertz CT molecular complexity index is 304. The number of urea groups is 1. The van der Waals surface area contributed by atoms with Gasteiger partial charge in [0.1, 0.15) is 6.04 Å². The van der Waals surface area contributed by atoms with Gasteiger partial charge in [-0.1, -0.05) is 13.8 Å². The van der Waals surface area contributed by atoms with E-state index in [2.05, 4.69) is 15.4 Å². The summed E-state index contributed by atoms with van der Waals surface area (Å²) in [7, 11) is 1.16. The fraction of sp³-hybridized carbons (Fsp3) is 0.727. The zero-order valence-electron chi connectivity index (χ0n) is 10.9. The first-order valence-electron chi connectivity index (χ1n) is 5.70. The predicted octanol–water partition coefficient (Wildman–Crippen LogP) is 0.348. The lowest BCUT2D eigenvalue weighted by Gasteiger charge is -2.14. The van der Waals surface area contributed by atoms with E-state index in [0.29, 0.717) is 12.5 Å². The molecular weight excluding hydrogens is 240 g/mol. The molecule has 0 bridgehead atoms. The molecule has 0 radical (unpaired) electrons. The molecule has 2 amide bonds. The third-order valence-electron chi connectivity index (χ3n) is 2.21. The summed E-state index contributed by atoms with van der Waals surface area (Å²) >= 11 is 0. The van der Waals surface area contributed by atoms with E-state index >= 15 is 0 Å². The van der Waals surface area contributed by atoms with E-state index in [9.17, 15) is 14.4 Å². The van der Waals surface area contributed by atoms with Crippen molar-refractivity contribution in [1.82, 2.24) is 10.6 Å². The zero-order valence-corrected chi connectivity index (χ0v) is 10.9. The molecule has 18 heavy (non-hydrogen) atoms. The molecule has 7 nitrogen and oxygen atoms in total. The van der Waals surface area contributed by atoms with Gasteiger partial charge in [0.15, 0.2) is 0 Å². The van der Waals surface area contributed by atoms with Crippen molar-refractivity contribution in [3.8, 4) is 0 Å². The molecule has 0 unspecified atom stereocenters. The highest BCUT2D eigenvalue weighted by atomic mass is 16.5. The summed E-state index contributed by atoms with van der Waals surface area (Å²) in [5.41, 5.74) is 0. The highest BCUT2D eigenvalue weighted by Crippen LogP contribution is 1.97. The smallest absolute Gasteiger partial charge is 0.326 e. The summed E-state index contributed by atoms with van der Waals surface area (Å²) < 4.78 is 4.35. The molecule has 0 aromatic carbocycles. The maximum Gasteiger partial charge on any atom is 0.326 e. The fourth-order valence-electron chi connectivity index (χ4n) is 1.13. The maximum atomic E-state index is 11.4. The van der Waals surface area contributed by atoms with Crippen LogP contribution in [0, 0.1) is 5.92 Å². The maximum absolute atomic E-state index is 11.4. The Morgan fingerprint density at radius 2 is 1.89 bits per heavy atom. The van der Waals surface area contributed by atoms with Gasteiger partial charge in [0.25, 0.3) is 0 Å². The predicted molar refractivity (Wildman–Crippen MR) is 64.0 cm³/mol. The van der Waals surface area contributed by atoms with Crippen molar-refractivity contribution >= 4 is 18.0 Å². The minimum atomic E-state index is -1.28. The molecule has 0 fully saturated rings. The molecule has 3 N–H and O–H groups in total. The van der Waals surface area contributed by atoms with E-state index in [0.717, 1.165) is 13.5 Å². The van der Waals surface area contributed by atoms with Crippen molar-refractivity contribution in [3.63, 3.8) is 0 Å². The van der Waals surface area contributed by atoms with Crippen LogP contribution in [0.25, 0.3) is 0 Å². The second-order valence-electron chi connectivity index (χ2n) is 4.25. The number of methoxy groups -OCH3 is 1. The summed E-state index contributed by atoms with van der Waals surface area (Å²) in [5.74, 6) is -1.53. The number of rotatable bonds is 7. The Morgan fingerprint density at radius 1 is 1.28 bits per heavy atom. The van der Waals surface area contributed by atoms with Crippen LogP contribution in [0.1, 0.15) is 26.7 Å². The number of aliphatic carboxylic acids is 1. The van der Waals surface area contributed by atoms with Crippen LogP contribution in [0.3, 0.4) is 0 Å². The first-order chi connectivity index (χ1) is 8.36. The highest BCUT2D eigenvalue weighted by molar-refractivity contribution is 5.86. The summed E-state index contributed by atoms with van der Waals surface area (Å²) in [6, 6.07) is -1.89. The summed E-state index contributed by atoms with van der Waals surface area (Å²) in [6.07, 6.45) is 0.394. The number of ether oxygens (including phenoxy) is 1. The average Bonchev–Trinajstić information content (AvgIpc) is 2.27. The second-order valence-corrected chi connectivity index (χ2v) is 4.25. The molecule has 1 atom stereocenters. The first kappa shape index (κ1) is 16.2. The van der Waals surface area contributed by atoms with Crippen LogP contribution >= 0.6 is 0 Å². The molecule has 0 aromatic rings. The summed E-state index contributed by atoms with van der Waals surface area (Å²) in [4.78, 5) is 33.1. The highest BCUT2D eigenvalue weighted by Gasteiger charge is 2.23. The number of hydrogen-bond acceptors (Lipinski definition) is 4. The molecule has 0 spiro atoms. The molecule has 0 saturated carbocycles. The van der Waals surface area contributed by atoms with E-state index in [1.807, 2.05) is 13.8 Å². The van der Waals surface area contributed by atoms with E-state index in [-0.39, 0.29) is 0 Å². The van der Waals surface area contributed by atoms with Gasteiger partial charge in [0.2, 0.25) is 0 Å². The van der Waals surface area contributed by atoms with E-state index in [1.54, 1.807) is 0 Å². The van der Waals surface area contributed by atoms with Crippen molar-refractivity contribution in [2.45, 2.75) is 32.7 Å². The molecule has 0 rings (SSSR count). The van der Waals surface area contributed by atoms with Crippen LogP contribution < -0.4 is 10.6 Å². The van der Waals surface area contributed by atoms with Crippen LogP contribution in [-0.2, 0) is 14.3 Å². The number of carboxylic acid groups (broad SMARTS) is 1. The molecule has 0 aliphatic rings. The number of amides is 2. The number of hydrogen-bond donors (Lipinski definition) is 3. The molecule has 0 aromatic heterocycles. The Kier molecular flexibility index (Phi) is 7.50. The van der Waals surface area contributed by atoms with Gasteiger partial charge in [-0.05, 0) is 12.3 Å². The molecule has 0 aliphatic carbocycles. The van der Waals surface area contributed by atoms with Gasteiger partial charge in [-0.15, -0.1) is 0 Å². The minimum absolute atomic E-state index is 0.399. The van der Waals surface area contributed by atoms with Gasteiger partial charge in [-0.25, -0.2) is 9.59 Å². The van der Waals surface area contributed by atoms with Crippen LogP contribution in [0.2, 0.25) is 0 Å². The van der Waals surface area contributed by atoms with Gasteiger partial charge in [0, 0.05) is 6.54 Å². The third kappa shape index (κ3) is 7.48. The first-order valence-corrected chi connectivity index (χ1v) is 5.70. The number of carbonyl (C=O) groups is 3. The van der Waals surface area contributed by atoms with Gasteiger partial charge >= 0.3 is 18.0 Å². The topological polar surface area (TPSA) is 105 Å². The van der Waals surface area contributed by atoms with Crippen molar-refractivity contribution in [2.24, 2.45) is 5.92 Å². The van der Waals surface area contributed by atoms with Gasteiger partial charge in [-0.2, -0.15) is 0 Å². The molecule has 0 aliphatic heterocycles. The lowest BCUT2D eigenvalue weighted by Crippen LogP contribution is -2.47. The number of nitrogens with one attached hydrogen (secondary N) is 2. The summed E-state index contributed by atoms with van der Waals surface area (Å²) in [6.45, 7) is 4.47. The van der Waals surface area contributed by atoms with Gasteiger partial charge in [-0.3, -0.25) is 4.79 Å². The van der Waals surface area contributed by atoms with Crippen LogP contribution in [0.4, 0.5) is 4.79 Å². The van der Waals surface area contributed by atoms with Crippen LogP contribution in [-0.4, -0.2) is 42.8 Å². The normalized spacial score (nSPS) is 11.8. The van der Waals surface area contributed by atoms with Crippen molar-refractivity contribution in [1.29, 1.82) is 0 Å². The van der Waals surface area contributed by atoms with Crippen molar-refractivity contribution < 1.29 is 24.2 Å². The Morgan fingerprint density at radius 3 is 2.33 bits per heavy atom. The quantitative estimate of drug-likeness (QED) is 0.573. The molecular formula is C11H20N2O5. The summed E-state index contributed by atoms with van der Waals surface area (Å²) in [5, 5.41) is 13.6. The lowest BCUT2D eigenvalue weighted by atomic mass is 10.1. The number of carboxylic acids is 1. The third-order valence-corrected chi connectivity index (χ3v) is 2.21. The SMILES string of the molecule is COC(=O)C[C@H](NC(=O)NCCC(C)C)C(=O)O. The molecule has 7 heteroatoms. The lowest BCUT2D eigenvalue weighted by molar-refractivity contribution is -0.147. The van der Waals surface area contributed by atoms with Crippen molar-refractivity contribution in [2.75, 3.05) is 13.7 Å². The molecule has 104 valence electrons. The van der Waals surface area contributed by atoms with Crippen molar-refractivity contribution in [3.05, 3.63) is 0 Å². The number of carbonyl (C=O) groups excluding carboxylic acids is 2. The minimum Gasteiger partial charge on any atom is -0.480 e. The Labute approximate surface area is 106 Å². The second kappa shape index (κ2) is 8.32. The Balaban J connectivity index is 4.12. The van der Waals surface area contributed by atoms with Crippen LogP contribution in [0.5, 0.6) is 0 Å². The largest absolute Gasteiger partial charge is 0.480 e.